The third kappa shape index (κ3) is 4.43. The van der Waals surface area contributed by atoms with Gasteiger partial charge in [0.1, 0.15) is 6.04 Å². The number of rotatable bonds is 8. The molecular weight excluding hydrogens is 244 g/mol. The Morgan fingerprint density at radius 3 is 2.68 bits per heavy atom. The van der Waals surface area contributed by atoms with E-state index in [2.05, 4.69) is 11.4 Å². The molecule has 1 aromatic carbocycles. The zero-order chi connectivity index (χ0) is 14.1. The number of hydrogen-bond donors (Lipinski definition) is 1. The van der Waals surface area contributed by atoms with Gasteiger partial charge in [0.15, 0.2) is 11.5 Å². The fourth-order valence-corrected chi connectivity index (χ4v) is 1.68. The highest BCUT2D eigenvalue weighted by atomic mass is 16.5. The summed E-state index contributed by atoms with van der Waals surface area (Å²) in [5.41, 5.74) is 0.846. The van der Waals surface area contributed by atoms with Crippen LogP contribution in [0.3, 0.4) is 0 Å². The maximum absolute atomic E-state index is 9.19. The van der Waals surface area contributed by atoms with Gasteiger partial charge < -0.3 is 14.2 Å². The molecule has 104 valence electrons. The van der Waals surface area contributed by atoms with Gasteiger partial charge in [0.2, 0.25) is 0 Å². The third-order valence-corrected chi connectivity index (χ3v) is 2.60. The molecule has 0 aromatic heterocycles. The summed E-state index contributed by atoms with van der Waals surface area (Å²) in [6.45, 7) is 3.66. The summed E-state index contributed by atoms with van der Waals surface area (Å²) in [4.78, 5) is 0. The van der Waals surface area contributed by atoms with Gasteiger partial charge >= 0.3 is 0 Å². The summed E-state index contributed by atoms with van der Waals surface area (Å²) in [6, 6.07) is 7.33. The summed E-state index contributed by atoms with van der Waals surface area (Å²) < 4.78 is 15.7. The van der Waals surface area contributed by atoms with Crippen molar-refractivity contribution < 1.29 is 14.2 Å². The lowest BCUT2D eigenvalue weighted by Gasteiger charge is -2.15. The van der Waals surface area contributed by atoms with Gasteiger partial charge in [0.05, 0.1) is 26.4 Å². The van der Waals surface area contributed by atoms with Crippen LogP contribution in [-0.4, -0.2) is 34.0 Å². The lowest BCUT2D eigenvalue weighted by molar-refractivity contribution is 0.198. The summed E-state index contributed by atoms with van der Waals surface area (Å²) in [5, 5.41) is 12.3. The van der Waals surface area contributed by atoms with Crippen molar-refractivity contribution in [2.75, 3.05) is 34.0 Å². The topological polar surface area (TPSA) is 63.5 Å². The van der Waals surface area contributed by atoms with Gasteiger partial charge in [-0.3, -0.25) is 5.32 Å². The summed E-state index contributed by atoms with van der Waals surface area (Å²) in [5.74, 6) is 1.32. The van der Waals surface area contributed by atoms with E-state index in [1.54, 1.807) is 14.2 Å². The largest absolute Gasteiger partial charge is 0.493 e. The molecule has 0 aliphatic heterocycles. The first kappa shape index (κ1) is 15.3. The van der Waals surface area contributed by atoms with Crippen LogP contribution in [0.1, 0.15) is 18.5 Å². The fraction of sp³-hybridized carbons (Fsp3) is 0.500. The van der Waals surface area contributed by atoms with Crippen LogP contribution in [0.15, 0.2) is 18.2 Å². The fourth-order valence-electron chi connectivity index (χ4n) is 1.68. The minimum absolute atomic E-state index is 0.389. The van der Waals surface area contributed by atoms with Crippen molar-refractivity contribution >= 4 is 0 Å². The number of methoxy groups -OCH3 is 2. The van der Waals surface area contributed by atoms with Crippen LogP contribution >= 0.6 is 0 Å². The molecule has 0 saturated heterocycles. The van der Waals surface area contributed by atoms with Crippen molar-refractivity contribution in [3.8, 4) is 17.6 Å². The predicted octanol–water partition coefficient (Wildman–Crippen LogP) is 1.89. The van der Waals surface area contributed by atoms with Crippen molar-refractivity contribution in [3.63, 3.8) is 0 Å². The average molecular weight is 264 g/mol. The second kappa shape index (κ2) is 8.35. The average Bonchev–Trinajstić information content (AvgIpc) is 2.45. The zero-order valence-corrected chi connectivity index (χ0v) is 11.6. The van der Waals surface area contributed by atoms with Crippen LogP contribution in [0.2, 0.25) is 0 Å². The Kier molecular flexibility index (Phi) is 6.72. The molecule has 1 N–H and O–H groups in total. The van der Waals surface area contributed by atoms with E-state index in [1.807, 2.05) is 25.1 Å². The molecule has 0 aliphatic carbocycles. The Hall–Kier alpha value is -1.77. The van der Waals surface area contributed by atoms with Crippen LogP contribution < -0.4 is 14.8 Å². The van der Waals surface area contributed by atoms with Crippen LogP contribution in [0.5, 0.6) is 11.5 Å². The number of nitrogens with zero attached hydrogens (tertiary/aromatic N) is 1. The van der Waals surface area contributed by atoms with Crippen LogP contribution in [0.25, 0.3) is 0 Å². The highest BCUT2D eigenvalue weighted by Crippen LogP contribution is 2.30. The van der Waals surface area contributed by atoms with E-state index < -0.39 is 0 Å². The maximum Gasteiger partial charge on any atom is 0.161 e. The molecule has 1 aromatic rings. The van der Waals surface area contributed by atoms with E-state index in [1.165, 1.54) is 0 Å². The first-order valence-corrected chi connectivity index (χ1v) is 6.19. The molecule has 0 heterocycles. The Morgan fingerprint density at radius 1 is 1.32 bits per heavy atom. The standard InChI is InChI=1S/C14H20N2O3/c1-4-19-13-6-5-11(9-14(13)18-3)12(10-15)16-7-8-17-2/h5-6,9,12,16H,4,7-8H2,1-3H3. The lowest BCUT2D eigenvalue weighted by atomic mass is 10.1. The molecule has 0 amide bonds. The first-order chi connectivity index (χ1) is 9.26. The highest BCUT2D eigenvalue weighted by Gasteiger charge is 2.13. The van der Waals surface area contributed by atoms with E-state index in [4.69, 9.17) is 14.2 Å². The number of nitrogens with one attached hydrogen (secondary N) is 1. The Balaban J connectivity index is 2.84. The van der Waals surface area contributed by atoms with E-state index in [9.17, 15) is 5.26 Å². The van der Waals surface area contributed by atoms with Crippen molar-refractivity contribution in [1.29, 1.82) is 5.26 Å². The molecule has 0 bridgehead atoms. The number of hydrogen-bond acceptors (Lipinski definition) is 5. The highest BCUT2D eigenvalue weighted by molar-refractivity contribution is 5.44. The van der Waals surface area contributed by atoms with Gasteiger partial charge in [-0.05, 0) is 24.6 Å². The minimum Gasteiger partial charge on any atom is -0.493 e. The third-order valence-electron chi connectivity index (χ3n) is 2.60. The van der Waals surface area contributed by atoms with E-state index in [0.29, 0.717) is 31.3 Å². The molecule has 1 atom stereocenters. The maximum atomic E-state index is 9.19. The number of ether oxygens (including phenoxy) is 3. The Labute approximate surface area is 114 Å². The first-order valence-electron chi connectivity index (χ1n) is 6.19. The molecule has 1 unspecified atom stereocenters. The molecule has 0 saturated carbocycles. The minimum atomic E-state index is -0.389. The number of nitriles is 1. The van der Waals surface area contributed by atoms with Gasteiger partial charge in [0.25, 0.3) is 0 Å². The van der Waals surface area contributed by atoms with Gasteiger partial charge in [-0.15, -0.1) is 0 Å². The molecule has 0 spiro atoms. The van der Waals surface area contributed by atoms with Crippen LogP contribution in [0.4, 0.5) is 0 Å². The molecular formula is C14H20N2O3. The molecule has 0 aliphatic rings. The van der Waals surface area contributed by atoms with Crippen LogP contribution in [-0.2, 0) is 4.74 Å². The monoisotopic (exact) mass is 264 g/mol. The normalized spacial score (nSPS) is 11.7. The van der Waals surface area contributed by atoms with Crippen molar-refractivity contribution in [2.45, 2.75) is 13.0 Å². The molecule has 0 fully saturated rings. The van der Waals surface area contributed by atoms with E-state index in [0.717, 1.165) is 5.56 Å². The molecule has 0 radical (unpaired) electrons. The van der Waals surface area contributed by atoms with Gasteiger partial charge in [-0.1, -0.05) is 6.07 Å². The molecule has 5 nitrogen and oxygen atoms in total. The van der Waals surface area contributed by atoms with E-state index in [-0.39, 0.29) is 6.04 Å². The lowest BCUT2D eigenvalue weighted by Crippen LogP contribution is -2.24. The quantitative estimate of drug-likeness (QED) is 0.726. The summed E-state index contributed by atoms with van der Waals surface area (Å²) >= 11 is 0. The second-order valence-corrected chi connectivity index (χ2v) is 3.85. The summed E-state index contributed by atoms with van der Waals surface area (Å²) in [7, 11) is 3.21. The predicted molar refractivity (Wildman–Crippen MR) is 72.4 cm³/mol. The van der Waals surface area contributed by atoms with Gasteiger partial charge in [0, 0.05) is 13.7 Å². The Bertz CT molecular complexity index is 429. The Morgan fingerprint density at radius 2 is 2.11 bits per heavy atom. The van der Waals surface area contributed by atoms with Gasteiger partial charge in [-0.2, -0.15) is 5.26 Å². The van der Waals surface area contributed by atoms with Crippen molar-refractivity contribution in [1.82, 2.24) is 5.32 Å². The van der Waals surface area contributed by atoms with Gasteiger partial charge in [-0.25, -0.2) is 0 Å². The molecule has 1 rings (SSSR count). The van der Waals surface area contributed by atoms with E-state index >= 15 is 0 Å². The second-order valence-electron chi connectivity index (χ2n) is 3.85. The summed E-state index contributed by atoms with van der Waals surface area (Å²) in [6.07, 6.45) is 0. The van der Waals surface area contributed by atoms with Crippen molar-refractivity contribution in [3.05, 3.63) is 23.8 Å². The van der Waals surface area contributed by atoms with Crippen LogP contribution in [0, 0.1) is 11.3 Å². The van der Waals surface area contributed by atoms with Crippen molar-refractivity contribution in [2.24, 2.45) is 0 Å². The molecule has 5 heteroatoms. The SMILES string of the molecule is CCOc1ccc(C(C#N)NCCOC)cc1OC. The smallest absolute Gasteiger partial charge is 0.161 e. The number of benzene rings is 1. The zero-order valence-electron chi connectivity index (χ0n) is 11.6. The molecule has 19 heavy (non-hydrogen) atoms.